The van der Waals surface area contributed by atoms with Crippen LogP contribution in [0.5, 0.6) is 0 Å². The Kier molecular flexibility index (Phi) is 5.26. The van der Waals surface area contributed by atoms with Gasteiger partial charge in [0.25, 0.3) is 5.91 Å². The topological polar surface area (TPSA) is 74.6 Å². The minimum absolute atomic E-state index is 0.215. The summed E-state index contributed by atoms with van der Waals surface area (Å²) >= 11 is 12.5. The standard InChI is InChI=1S/C22H21Cl2N3O3/c1-26-10-9-22(12-26,15-6-3-13(4-7-15)21(29)30)25-20(28)17-11-14-5-8-16(23)18(24)19(14)27(17)2/h3-8,11H,9-10,12H2,1-2H3,(H,25,28)(H,29,30). The molecule has 0 aliphatic carbocycles. The Morgan fingerprint density at radius 1 is 1.10 bits per heavy atom. The third kappa shape index (κ3) is 3.45. The van der Waals surface area contributed by atoms with Crippen molar-refractivity contribution in [2.45, 2.75) is 12.0 Å². The van der Waals surface area contributed by atoms with Crippen molar-refractivity contribution in [2.75, 3.05) is 20.1 Å². The summed E-state index contributed by atoms with van der Waals surface area (Å²) in [7, 11) is 3.78. The van der Waals surface area contributed by atoms with Gasteiger partial charge in [-0.25, -0.2) is 4.79 Å². The van der Waals surface area contributed by atoms with Crippen molar-refractivity contribution in [3.8, 4) is 0 Å². The number of amides is 1. The van der Waals surface area contributed by atoms with Gasteiger partial charge in [0.2, 0.25) is 0 Å². The number of aromatic nitrogens is 1. The van der Waals surface area contributed by atoms with Gasteiger partial charge < -0.3 is 19.9 Å². The summed E-state index contributed by atoms with van der Waals surface area (Å²) in [6.07, 6.45) is 0.720. The number of hydrogen-bond donors (Lipinski definition) is 2. The number of carboxylic acids is 1. The molecule has 1 saturated heterocycles. The van der Waals surface area contributed by atoms with Gasteiger partial charge in [-0.15, -0.1) is 0 Å². The lowest BCUT2D eigenvalue weighted by atomic mass is 9.88. The highest BCUT2D eigenvalue weighted by Gasteiger charge is 2.40. The van der Waals surface area contributed by atoms with E-state index >= 15 is 0 Å². The van der Waals surface area contributed by atoms with E-state index in [-0.39, 0.29) is 11.5 Å². The first kappa shape index (κ1) is 20.7. The van der Waals surface area contributed by atoms with Gasteiger partial charge in [0, 0.05) is 25.5 Å². The first-order valence-electron chi connectivity index (χ1n) is 9.50. The molecule has 8 heteroatoms. The maximum atomic E-state index is 13.3. The van der Waals surface area contributed by atoms with Crippen LogP contribution in [0, 0.1) is 0 Å². The fraction of sp³-hybridized carbons (Fsp3) is 0.273. The molecule has 0 bridgehead atoms. The molecular formula is C22H21Cl2N3O3. The lowest BCUT2D eigenvalue weighted by Crippen LogP contribution is -2.48. The SMILES string of the molecule is CN1CCC(NC(=O)c2cc3ccc(Cl)c(Cl)c3n2C)(c2ccc(C(=O)O)cc2)C1. The maximum Gasteiger partial charge on any atom is 0.335 e. The first-order valence-corrected chi connectivity index (χ1v) is 10.3. The van der Waals surface area contributed by atoms with Gasteiger partial charge in [0.1, 0.15) is 5.69 Å². The smallest absolute Gasteiger partial charge is 0.335 e. The van der Waals surface area contributed by atoms with E-state index in [1.165, 1.54) is 0 Å². The number of carboxylic acid groups (broad SMARTS) is 1. The van der Waals surface area contributed by atoms with E-state index in [4.69, 9.17) is 23.2 Å². The summed E-state index contributed by atoms with van der Waals surface area (Å²) in [4.78, 5) is 26.7. The van der Waals surface area contributed by atoms with Gasteiger partial charge in [-0.1, -0.05) is 41.4 Å². The Morgan fingerprint density at radius 3 is 2.40 bits per heavy atom. The average Bonchev–Trinajstić information content (AvgIpc) is 3.26. The molecule has 1 aromatic heterocycles. The van der Waals surface area contributed by atoms with Crippen molar-refractivity contribution in [1.82, 2.24) is 14.8 Å². The Bertz CT molecular complexity index is 1160. The van der Waals surface area contributed by atoms with E-state index in [2.05, 4.69) is 10.2 Å². The molecule has 4 rings (SSSR count). The normalized spacial score (nSPS) is 19.3. The molecule has 2 heterocycles. The number of rotatable bonds is 4. The van der Waals surface area contributed by atoms with E-state index in [0.29, 0.717) is 27.8 Å². The molecule has 1 unspecified atom stereocenters. The number of likely N-dealkylation sites (N-methyl/N-ethyl adjacent to an activating group) is 1. The van der Waals surface area contributed by atoms with Crippen LogP contribution in [0.4, 0.5) is 0 Å². The van der Waals surface area contributed by atoms with E-state index in [1.807, 2.05) is 13.1 Å². The summed E-state index contributed by atoms with van der Waals surface area (Å²) in [6.45, 7) is 1.44. The van der Waals surface area contributed by atoms with Crippen molar-refractivity contribution in [1.29, 1.82) is 0 Å². The predicted molar refractivity (Wildman–Crippen MR) is 118 cm³/mol. The van der Waals surface area contributed by atoms with E-state index in [1.54, 1.807) is 48.0 Å². The number of carbonyl (C=O) groups is 2. The molecule has 1 aliphatic rings. The monoisotopic (exact) mass is 445 g/mol. The maximum absolute atomic E-state index is 13.3. The fourth-order valence-corrected chi connectivity index (χ4v) is 4.67. The fourth-order valence-electron chi connectivity index (χ4n) is 4.22. The first-order chi connectivity index (χ1) is 14.2. The molecule has 1 amide bonds. The molecule has 0 spiro atoms. The van der Waals surface area contributed by atoms with E-state index in [0.717, 1.165) is 23.9 Å². The zero-order valence-electron chi connectivity index (χ0n) is 16.6. The largest absolute Gasteiger partial charge is 0.478 e. The summed E-state index contributed by atoms with van der Waals surface area (Å²) in [5.41, 5.74) is 1.67. The number of hydrogen-bond acceptors (Lipinski definition) is 3. The molecule has 1 aliphatic heterocycles. The molecule has 0 radical (unpaired) electrons. The van der Waals surface area contributed by atoms with Crippen molar-refractivity contribution in [3.63, 3.8) is 0 Å². The molecular weight excluding hydrogens is 425 g/mol. The second-order valence-corrected chi connectivity index (χ2v) is 8.58. The third-order valence-corrected chi connectivity index (χ3v) is 6.61. The predicted octanol–water partition coefficient (Wildman–Crippen LogP) is 4.14. The second kappa shape index (κ2) is 7.61. The van der Waals surface area contributed by atoms with Crippen LogP contribution in [0.25, 0.3) is 10.9 Å². The van der Waals surface area contributed by atoms with Gasteiger partial charge in [0.05, 0.1) is 26.7 Å². The number of nitrogens with one attached hydrogen (secondary N) is 1. The number of carbonyl (C=O) groups excluding carboxylic acids is 1. The minimum Gasteiger partial charge on any atom is -0.478 e. The van der Waals surface area contributed by atoms with Gasteiger partial charge >= 0.3 is 5.97 Å². The highest BCUT2D eigenvalue weighted by molar-refractivity contribution is 6.45. The van der Waals surface area contributed by atoms with E-state index in [9.17, 15) is 14.7 Å². The van der Waals surface area contributed by atoms with Crippen LogP contribution < -0.4 is 5.32 Å². The minimum atomic E-state index is -0.978. The zero-order valence-corrected chi connectivity index (χ0v) is 18.1. The lowest BCUT2D eigenvalue weighted by Gasteiger charge is -2.31. The Hall–Kier alpha value is -2.54. The summed E-state index contributed by atoms with van der Waals surface area (Å²) in [6, 6.07) is 12.1. The summed E-state index contributed by atoms with van der Waals surface area (Å²) in [5, 5.41) is 14.1. The van der Waals surface area contributed by atoms with Crippen LogP contribution in [-0.2, 0) is 12.6 Å². The van der Waals surface area contributed by atoms with Crippen molar-refractivity contribution in [3.05, 3.63) is 69.3 Å². The highest BCUT2D eigenvalue weighted by atomic mass is 35.5. The lowest BCUT2D eigenvalue weighted by molar-refractivity contribution is 0.0696. The summed E-state index contributed by atoms with van der Waals surface area (Å²) in [5.74, 6) is -1.20. The van der Waals surface area contributed by atoms with Crippen LogP contribution >= 0.6 is 23.2 Å². The third-order valence-electron chi connectivity index (χ3n) is 5.82. The van der Waals surface area contributed by atoms with Crippen molar-refractivity contribution < 1.29 is 14.7 Å². The number of aromatic carboxylic acids is 1. The van der Waals surface area contributed by atoms with Crippen LogP contribution in [0.2, 0.25) is 10.0 Å². The number of benzene rings is 2. The van der Waals surface area contributed by atoms with Crippen LogP contribution in [-0.4, -0.2) is 46.6 Å². The number of aryl methyl sites for hydroxylation is 1. The van der Waals surface area contributed by atoms with Gasteiger partial charge in [-0.3, -0.25) is 4.79 Å². The molecule has 6 nitrogen and oxygen atoms in total. The number of nitrogens with zero attached hydrogens (tertiary/aromatic N) is 2. The second-order valence-electron chi connectivity index (χ2n) is 7.79. The quantitative estimate of drug-likeness (QED) is 0.632. The Morgan fingerprint density at radius 2 is 1.80 bits per heavy atom. The molecule has 1 atom stereocenters. The zero-order chi connectivity index (χ0) is 21.6. The Labute approximate surface area is 184 Å². The van der Waals surface area contributed by atoms with E-state index < -0.39 is 11.5 Å². The molecule has 1 fully saturated rings. The number of halogens is 2. The number of fused-ring (bicyclic) bond motifs is 1. The van der Waals surface area contributed by atoms with Crippen LogP contribution in [0.3, 0.4) is 0 Å². The highest BCUT2D eigenvalue weighted by Crippen LogP contribution is 2.35. The molecule has 30 heavy (non-hydrogen) atoms. The van der Waals surface area contributed by atoms with Gasteiger partial charge in [-0.05, 0) is 43.3 Å². The molecule has 156 valence electrons. The van der Waals surface area contributed by atoms with Gasteiger partial charge in [-0.2, -0.15) is 0 Å². The van der Waals surface area contributed by atoms with Crippen LogP contribution in [0.1, 0.15) is 32.8 Å². The molecule has 2 N–H and O–H groups in total. The molecule has 3 aromatic rings. The van der Waals surface area contributed by atoms with Crippen molar-refractivity contribution >= 4 is 46.0 Å². The number of likely N-dealkylation sites (tertiary alicyclic amines) is 1. The van der Waals surface area contributed by atoms with Crippen LogP contribution in [0.15, 0.2) is 42.5 Å². The Balaban J connectivity index is 1.72. The van der Waals surface area contributed by atoms with Crippen molar-refractivity contribution in [2.24, 2.45) is 7.05 Å². The molecule has 2 aromatic carbocycles. The summed E-state index contributed by atoms with van der Waals surface area (Å²) < 4.78 is 1.75. The average molecular weight is 446 g/mol. The molecule has 0 saturated carbocycles. The van der Waals surface area contributed by atoms with Gasteiger partial charge in [0.15, 0.2) is 0 Å².